The van der Waals surface area contributed by atoms with E-state index in [1.54, 1.807) is 7.11 Å². The summed E-state index contributed by atoms with van der Waals surface area (Å²) in [5.41, 5.74) is 2.33. The van der Waals surface area contributed by atoms with Crippen molar-refractivity contribution in [1.82, 2.24) is 0 Å². The highest BCUT2D eigenvalue weighted by Gasteiger charge is 2.26. The third-order valence-corrected chi connectivity index (χ3v) is 6.92. The van der Waals surface area contributed by atoms with Gasteiger partial charge in [0.25, 0.3) is 0 Å². The van der Waals surface area contributed by atoms with Crippen LogP contribution in [0.25, 0.3) is 0 Å². The molecule has 0 spiro atoms. The predicted octanol–water partition coefficient (Wildman–Crippen LogP) is 7.75. The normalized spacial score (nSPS) is 12.8. The van der Waals surface area contributed by atoms with Gasteiger partial charge in [-0.25, -0.2) is 0 Å². The Morgan fingerprint density at radius 2 is 1.09 bits per heavy atom. The van der Waals surface area contributed by atoms with Crippen LogP contribution in [-0.2, 0) is 15.4 Å². The molecule has 6 heteroatoms. The van der Waals surface area contributed by atoms with Crippen molar-refractivity contribution in [2.24, 2.45) is 0 Å². The zero-order chi connectivity index (χ0) is 25.1. The van der Waals surface area contributed by atoms with Crippen molar-refractivity contribution < 1.29 is 23.8 Å². The minimum Gasteiger partial charge on any atom is -0.496 e. The highest BCUT2D eigenvalue weighted by Crippen LogP contribution is 2.41. The van der Waals surface area contributed by atoms with Crippen molar-refractivity contribution in [3.05, 3.63) is 23.3 Å². The maximum atomic E-state index is 10.8. The molecule has 0 unspecified atom stereocenters. The van der Waals surface area contributed by atoms with Gasteiger partial charge in [0.05, 0.1) is 13.7 Å². The first-order valence-electron chi connectivity index (χ1n) is 12.7. The van der Waals surface area contributed by atoms with Crippen molar-refractivity contribution in [2.75, 3.05) is 19.9 Å². The lowest BCUT2D eigenvalue weighted by atomic mass is 9.81. The molecule has 0 bridgehead atoms. The Kier molecular flexibility index (Phi) is 12.5. The largest absolute Gasteiger partial charge is 0.496 e. The van der Waals surface area contributed by atoms with Gasteiger partial charge < -0.3 is 19.3 Å². The first-order valence-corrected chi connectivity index (χ1v) is 14.5. The predicted molar refractivity (Wildman–Crippen MR) is 139 cm³/mol. The maximum absolute atomic E-state index is 10.8. The van der Waals surface area contributed by atoms with E-state index in [1.807, 2.05) is 0 Å². The summed E-state index contributed by atoms with van der Waals surface area (Å²) in [6.07, 6.45) is 11.0. The molecule has 192 valence electrons. The van der Waals surface area contributed by atoms with Crippen molar-refractivity contribution in [2.45, 2.75) is 117 Å². The average molecular weight is 485 g/mol. The fourth-order valence-corrected chi connectivity index (χ4v) is 4.67. The van der Waals surface area contributed by atoms with E-state index < -0.39 is 7.60 Å². The first-order chi connectivity index (χ1) is 15.3. The molecule has 0 saturated heterocycles. The Bertz CT molecular complexity index is 740. The van der Waals surface area contributed by atoms with E-state index in [4.69, 9.17) is 19.3 Å². The van der Waals surface area contributed by atoms with Crippen LogP contribution in [0.2, 0.25) is 0 Å². The van der Waals surface area contributed by atoms with E-state index >= 15 is 0 Å². The number of rotatable bonds is 15. The molecule has 1 aromatic rings. The minimum absolute atomic E-state index is 0.0143. The molecule has 5 nitrogen and oxygen atoms in total. The van der Waals surface area contributed by atoms with Gasteiger partial charge in [0.2, 0.25) is 0 Å². The van der Waals surface area contributed by atoms with Crippen LogP contribution in [0.4, 0.5) is 0 Å². The van der Waals surface area contributed by atoms with Crippen molar-refractivity contribution >= 4 is 7.60 Å². The molecule has 0 heterocycles. The average Bonchev–Trinajstić information content (AvgIpc) is 2.68. The number of hydrogen-bond donors (Lipinski definition) is 2. The van der Waals surface area contributed by atoms with Crippen molar-refractivity contribution in [3.8, 4) is 11.5 Å². The standard InChI is InChI=1S/C27H49O5P/c1-26(2,3)22-21-25(23(27(4,5)6)20-24(22)31-7)32-18-16-14-12-10-8-9-11-13-15-17-19-33(28,29)30/h20-21H,8-19H2,1-7H3,(H2,28,29,30). The number of unbranched alkanes of at least 4 members (excludes halogenated alkanes) is 9. The maximum Gasteiger partial charge on any atom is 0.325 e. The second-order valence-electron chi connectivity index (χ2n) is 11.3. The quantitative estimate of drug-likeness (QED) is 0.197. The summed E-state index contributed by atoms with van der Waals surface area (Å²) in [7, 11) is -2.07. The van der Waals surface area contributed by atoms with Crippen LogP contribution in [0, 0.1) is 0 Å². The van der Waals surface area contributed by atoms with E-state index in [0.29, 0.717) is 6.42 Å². The van der Waals surface area contributed by atoms with E-state index in [0.717, 1.165) is 43.8 Å². The summed E-state index contributed by atoms with van der Waals surface area (Å²) >= 11 is 0. The fraction of sp³-hybridized carbons (Fsp3) is 0.778. The highest BCUT2D eigenvalue weighted by atomic mass is 31.2. The highest BCUT2D eigenvalue weighted by molar-refractivity contribution is 7.51. The second kappa shape index (κ2) is 13.8. The first kappa shape index (κ1) is 30.0. The van der Waals surface area contributed by atoms with Gasteiger partial charge in [0.15, 0.2) is 0 Å². The third-order valence-electron chi connectivity index (χ3n) is 6.02. The summed E-state index contributed by atoms with van der Waals surface area (Å²) in [5, 5.41) is 0. The molecule has 0 fully saturated rings. The van der Waals surface area contributed by atoms with Crippen molar-refractivity contribution in [1.29, 1.82) is 0 Å². The fourth-order valence-electron chi connectivity index (χ4n) is 4.04. The number of hydrogen-bond acceptors (Lipinski definition) is 3. The lowest BCUT2D eigenvalue weighted by molar-refractivity contribution is 0.294. The third kappa shape index (κ3) is 12.3. The number of benzene rings is 1. The van der Waals surface area contributed by atoms with Crippen LogP contribution in [-0.4, -0.2) is 29.7 Å². The van der Waals surface area contributed by atoms with E-state index in [1.165, 1.54) is 43.2 Å². The number of methoxy groups -OCH3 is 1. The lowest BCUT2D eigenvalue weighted by Crippen LogP contribution is -2.18. The van der Waals surface area contributed by atoms with Gasteiger partial charge in [-0.2, -0.15) is 0 Å². The molecule has 0 aliphatic heterocycles. The van der Waals surface area contributed by atoms with Gasteiger partial charge in [-0.1, -0.05) is 92.9 Å². The molecule has 0 atom stereocenters. The summed E-state index contributed by atoms with van der Waals surface area (Å²) in [4.78, 5) is 17.7. The van der Waals surface area contributed by atoms with Gasteiger partial charge in [-0.05, 0) is 35.8 Å². The van der Waals surface area contributed by atoms with Crippen LogP contribution in [0.15, 0.2) is 12.1 Å². The minimum atomic E-state index is -3.81. The Morgan fingerprint density at radius 1 is 0.697 bits per heavy atom. The Labute approximate surface area is 202 Å². The van der Waals surface area contributed by atoms with Crippen LogP contribution in [0.1, 0.15) is 117 Å². The molecule has 2 N–H and O–H groups in total. The smallest absolute Gasteiger partial charge is 0.325 e. The van der Waals surface area contributed by atoms with Crippen LogP contribution >= 0.6 is 7.60 Å². The van der Waals surface area contributed by atoms with Gasteiger partial charge in [-0.15, -0.1) is 0 Å². The SMILES string of the molecule is COc1cc(C(C)(C)C)c(OCCCCCCCCCCCCP(=O)(O)O)cc1C(C)(C)C. The van der Waals surface area contributed by atoms with Gasteiger partial charge >= 0.3 is 7.60 Å². The van der Waals surface area contributed by atoms with Crippen LogP contribution in [0.3, 0.4) is 0 Å². The zero-order valence-corrected chi connectivity index (χ0v) is 23.1. The monoisotopic (exact) mass is 484 g/mol. The molecule has 0 saturated carbocycles. The molecule has 0 radical (unpaired) electrons. The molecule has 0 aromatic heterocycles. The molecular formula is C27H49O5P. The summed E-state index contributed by atoms with van der Waals surface area (Å²) < 4.78 is 22.8. The molecule has 0 aliphatic carbocycles. The number of ether oxygens (including phenoxy) is 2. The van der Waals surface area contributed by atoms with Crippen molar-refractivity contribution in [3.63, 3.8) is 0 Å². The van der Waals surface area contributed by atoms with E-state index in [9.17, 15) is 4.57 Å². The van der Waals surface area contributed by atoms with E-state index in [2.05, 4.69) is 53.7 Å². The zero-order valence-electron chi connectivity index (χ0n) is 22.2. The van der Waals surface area contributed by atoms with E-state index in [-0.39, 0.29) is 17.0 Å². The molecule has 1 rings (SSSR count). The Hall–Kier alpha value is -1.03. The Balaban J connectivity index is 2.36. The summed E-state index contributed by atoms with van der Waals surface area (Å²) in [5.74, 6) is 1.91. The van der Waals surface area contributed by atoms with Gasteiger partial charge in [0, 0.05) is 17.3 Å². The second-order valence-corrected chi connectivity index (χ2v) is 13.1. The molecule has 0 aliphatic rings. The summed E-state index contributed by atoms with van der Waals surface area (Å²) in [6.45, 7) is 14.0. The summed E-state index contributed by atoms with van der Waals surface area (Å²) in [6, 6.07) is 4.33. The van der Waals surface area contributed by atoms with Gasteiger partial charge in [-0.3, -0.25) is 4.57 Å². The lowest BCUT2D eigenvalue weighted by Gasteiger charge is -2.28. The van der Waals surface area contributed by atoms with Gasteiger partial charge in [0.1, 0.15) is 11.5 Å². The molecule has 1 aromatic carbocycles. The molecule has 0 amide bonds. The molecule has 33 heavy (non-hydrogen) atoms. The topological polar surface area (TPSA) is 76.0 Å². The molecular weight excluding hydrogens is 435 g/mol. The van der Waals surface area contributed by atoms with Crippen LogP contribution in [0.5, 0.6) is 11.5 Å². The Morgan fingerprint density at radius 3 is 1.52 bits per heavy atom. The van der Waals surface area contributed by atoms with Crippen LogP contribution < -0.4 is 9.47 Å².